The van der Waals surface area contributed by atoms with Gasteiger partial charge in [0.2, 0.25) is 9.04 Å². The summed E-state index contributed by atoms with van der Waals surface area (Å²) in [5.41, 5.74) is 4.49. The minimum atomic E-state index is -1.24. The van der Waals surface area contributed by atoms with Crippen LogP contribution in [-0.4, -0.2) is 24.7 Å². The summed E-state index contributed by atoms with van der Waals surface area (Å²) in [5.74, 6) is 0.832. The van der Waals surface area contributed by atoms with Crippen molar-refractivity contribution >= 4 is 20.4 Å². The topological polar surface area (TPSA) is 47.4 Å². The fourth-order valence-corrected chi connectivity index (χ4v) is 3.17. The molecule has 25 heavy (non-hydrogen) atoms. The lowest BCUT2D eigenvalue weighted by atomic mass is 10.1. The number of rotatable bonds is 5. The van der Waals surface area contributed by atoms with E-state index in [1.807, 2.05) is 48.5 Å². The van der Waals surface area contributed by atoms with E-state index in [1.54, 1.807) is 18.6 Å². The molecule has 0 aliphatic carbocycles. The molecule has 0 saturated carbocycles. The largest absolute Gasteiger partial charge is 1.00 e. The molecule has 0 saturated heterocycles. The van der Waals surface area contributed by atoms with Gasteiger partial charge in [-0.3, -0.25) is 9.97 Å². The molecule has 0 spiro atoms. The minimum Gasteiger partial charge on any atom is -0.546 e. The maximum atomic E-state index is 6.09. The van der Waals surface area contributed by atoms with E-state index in [2.05, 4.69) is 30.0 Å². The number of benzene rings is 2. The van der Waals surface area contributed by atoms with Gasteiger partial charge in [0.25, 0.3) is 0 Å². The summed E-state index contributed by atoms with van der Waals surface area (Å²) in [4.78, 5) is 13.5. The Labute approximate surface area is 151 Å². The van der Waals surface area contributed by atoms with Crippen molar-refractivity contribution in [1.29, 1.82) is 0 Å². The highest BCUT2D eigenvalue weighted by atomic mass is 28.3. The van der Waals surface area contributed by atoms with E-state index < -0.39 is 9.04 Å². The molecule has 0 amide bonds. The first kappa shape index (κ1) is 17.0. The Kier molecular flexibility index (Phi) is 5.35. The average molecular weight is 349 g/mol. The van der Waals surface area contributed by atoms with Crippen LogP contribution >= 0.6 is 0 Å². The van der Waals surface area contributed by atoms with Gasteiger partial charge in [-0.15, -0.1) is 0 Å². The summed E-state index contributed by atoms with van der Waals surface area (Å²) < 4.78 is 6.09. The highest BCUT2D eigenvalue weighted by Gasteiger charge is 2.12. The van der Waals surface area contributed by atoms with Crippen LogP contribution in [0.25, 0.3) is 0 Å². The van der Waals surface area contributed by atoms with Crippen molar-refractivity contribution in [1.82, 2.24) is 9.97 Å². The van der Waals surface area contributed by atoms with Gasteiger partial charge in [0.05, 0.1) is 11.9 Å². The van der Waals surface area contributed by atoms with Crippen LogP contribution in [0.3, 0.4) is 0 Å². The van der Waals surface area contributed by atoms with E-state index in [9.17, 15) is 0 Å². The first-order valence-electron chi connectivity index (χ1n) is 8.31. The first-order chi connectivity index (χ1) is 12.1. The Hall–Kier alpha value is -2.79. The van der Waals surface area contributed by atoms with Crippen molar-refractivity contribution in [3.63, 3.8) is 0 Å². The molecule has 3 rings (SSSR count). The lowest BCUT2D eigenvalue weighted by Crippen LogP contribution is -2.12. The molecule has 2 aromatic carbocycles. The molecule has 0 aliphatic rings. The molecule has 0 N–H and O–H groups in total. The monoisotopic (exact) mass is 348 g/mol. The van der Waals surface area contributed by atoms with Crippen LogP contribution in [0.1, 0.15) is 18.2 Å². The molecule has 1 heterocycles. The molecule has 3 aromatic rings. The second-order valence-corrected chi connectivity index (χ2v) is 8.39. The smallest absolute Gasteiger partial charge is 0.546 e. The number of aryl methyl sites for hydroxylation is 1. The molecular formula is C20H22N3OSi+. The van der Waals surface area contributed by atoms with Gasteiger partial charge in [-0.1, -0.05) is 36.4 Å². The van der Waals surface area contributed by atoms with Crippen LogP contribution in [0.2, 0.25) is 13.1 Å². The molecule has 0 bridgehead atoms. The van der Waals surface area contributed by atoms with Crippen LogP contribution in [0.5, 0.6) is 5.75 Å². The van der Waals surface area contributed by atoms with E-state index in [4.69, 9.17) is 9.42 Å². The van der Waals surface area contributed by atoms with Crippen LogP contribution in [-0.2, 0) is 0 Å². The van der Waals surface area contributed by atoms with Gasteiger partial charge >= 0.3 is 1.43 Å². The normalized spacial score (nSPS) is 11.6. The maximum absolute atomic E-state index is 6.09. The lowest BCUT2D eigenvalue weighted by Gasteiger charge is -2.14. The standard InChI is InChI=1S/C20H21N3OSi/c1-15-9-10-17(19(13-15)24-25(2)3)23-20(16-7-5-4-6-8-16)18-14-21-11-12-22-18/h4-14,25H,1-3H3/p+1. The van der Waals surface area contributed by atoms with E-state index >= 15 is 0 Å². The van der Waals surface area contributed by atoms with Crippen molar-refractivity contribution in [3.8, 4) is 5.75 Å². The van der Waals surface area contributed by atoms with Crippen molar-refractivity contribution in [3.05, 3.63) is 83.9 Å². The summed E-state index contributed by atoms with van der Waals surface area (Å²) >= 11 is 0. The summed E-state index contributed by atoms with van der Waals surface area (Å²) in [5, 5.41) is 0. The predicted molar refractivity (Wildman–Crippen MR) is 106 cm³/mol. The van der Waals surface area contributed by atoms with Gasteiger partial charge in [-0.2, -0.15) is 0 Å². The third-order valence-corrected chi connectivity index (χ3v) is 4.29. The molecule has 1 aromatic heterocycles. The molecule has 5 heteroatoms. The van der Waals surface area contributed by atoms with E-state index in [1.165, 1.54) is 0 Å². The molecule has 0 aliphatic heterocycles. The SMILES string of the molecule is Cc1ccc(N=C(c2ccccc2)c2cnccn2)c(O[SiH](C)C)c1.[H+]. The van der Waals surface area contributed by atoms with Crippen molar-refractivity contribution in [2.75, 3.05) is 0 Å². The number of aromatic nitrogens is 2. The summed E-state index contributed by atoms with van der Waals surface area (Å²) in [6.07, 6.45) is 5.08. The highest BCUT2D eigenvalue weighted by molar-refractivity contribution is 6.49. The third-order valence-electron chi connectivity index (χ3n) is 3.56. The fourth-order valence-electron chi connectivity index (χ4n) is 2.47. The van der Waals surface area contributed by atoms with Crippen LogP contribution in [0.15, 0.2) is 72.1 Å². The molecule has 0 unspecified atom stereocenters. The Morgan fingerprint density at radius 1 is 1.08 bits per heavy atom. The summed E-state index contributed by atoms with van der Waals surface area (Å²) in [6, 6.07) is 16.1. The molecule has 4 nitrogen and oxygen atoms in total. The second-order valence-electron chi connectivity index (χ2n) is 6.05. The van der Waals surface area contributed by atoms with Crippen molar-refractivity contribution in [2.24, 2.45) is 4.99 Å². The quantitative estimate of drug-likeness (QED) is 0.506. The number of hydrogen-bond acceptors (Lipinski definition) is 4. The van der Waals surface area contributed by atoms with E-state index in [0.29, 0.717) is 0 Å². The Bertz CT molecular complexity index is 829. The maximum Gasteiger partial charge on any atom is 1.00 e. The molecule has 0 radical (unpaired) electrons. The summed E-state index contributed by atoms with van der Waals surface area (Å²) in [7, 11) is -1.24. The van der Waals surface area contributed by atoms with Crippen molar-refractivity contribution < 1.29 is 5.85 Å². The van der Waals surface area contributed by atoms with E-state index in [0.717, 1.165) is 34.0 Å². The van der Waals surface area contributed by atoms with Gasteiger partial charge in [-0.25, -0.2) is 4.99 Å². The number of hydrogen-bond donors (Lipinski definition) is 0. The van der Waals surface area contributed by atoms with E-state index in [-0.39, 0.29) is 1.43 Å². The Balaban J connectivity index is 0.00000243. The fraction of sp³-hybridized carbons (Fsp3) is 0.150. The average Bonchev–Trinajstić information content (AvgIpc) is 2.62. The Morgan fingerprint density at radius 2 is 1.88 bits per heavy atom. The molecule has 126 valence electrons. The second kappa shape index (κ2) is 7.85. The van der Waals surface area contributed by atoms with Crippen LogP contribution in [0.4, 0.5) is 5.69 Å². The predicted octanol–water partition coefficient (Wildman–Crippen LogP) is 4.43. The summed E-state index contributed by atoms with van der Waals surface area (Å²) in [6.45, 7) is 6.36. The van der Waals surface area contributed by atoms with Gasteiger partial charge in [-0.05, 0) is 37.7 Å². The van der Waals surface area contributed by atoms with Gasteiger partial charge in [0, 0.05) is 18.0 Å². The zero-order valence-electron chi connectivity index (χ0n) is 15.7. The van der Waals surface area contributed by atoms with Gasteiger partial charge < -0.3 is 4.43 Å². The van der Waals surface area contributed by atoms with Gasteiger partial charge in [0.15, 0.2) is 0 Å². The minimum absolute atomic E-state index is 0. The van der Waals surface area contributed by atoms with Crippen molar-refractivity contribution in [2.45, 2.75) is 20.0 Å². The zero-order valence-corrected chi connectivity index (χ0v) is 15.8. The molecule has 0 atom stereocenters. The molecule has 0 fully saturated rings. The number of aliphatic imine (C=N–C) groups is 1. The van der Waals surface area contributed by atoms with Gasteiger partial charge in [0.1, 0.15) is 17.1 Å². The Morgan fingerprint density at radius 3 is 2.56 bits per heavy atom. The zero-order chi connectivity index (χ0) is 17.6. The first-order valence-corrected chi connectivity index (χ1v) is 11.1. The van der Waals surface area contributed by atoms with Crippen LogP contribution in [0, 0.1) is 6.92 Å². The highest BCUT2D eigenvalue weighted by Crippen LogP contribution is 2.30. The lowest BCUT2D eigenvalue weighted by molar-refractivity contribution is 0.581. The van der Waals surface area contributed by atoms with Crippen LogP contribution < -0.4 is 4.43 Å². The third kappa shape index (κ3) is 4.39. The number of nitrogens with zero attached hydrogens (tertiary/aromatic N) is 3. The molecular weight excluding hydrogens is 326 g/mol.